The average Bonchev–Trinajstić information content (AvgIpc) is 2.61. The average molecular weight is 321 g/mol. The zero-order valence-electron chi connectivity index (χ0n) is 13.6. The Labute approximate surface area is 141 Å². The maximum Gasteiger partial charge on any atom is 0.129 e. The van der Waals surface area contributed by atoms with Gasteiger partial charge >= 0.3 is 0 Å². The van der Waals surface area contributed by atoms with Crippen LogP contribution >= 0.6 is 0 Å². The van der Waals surface area contributed by atoms with Crippen molar-refractivity contribution in [3.8, 4) is 5.75 Å². The van der Waals surface area contributed by atoms with Gasteiger partial charge in [-0.3, -0.25) is 0 Å². The van der Waals surface area contributed by atoms with Crippen molar-refractivity contribution in [2.75, 3.05) is 5.32 Å². The normalized spacial score (nSPS) is 10.4. The zero-order valence-corrected chi connectivity index (χ0v) is 13.6. The molecule has 3 rings (SSSR count). The Hall–Kier alpha value is -2.81. The molecule has 3 aromatic carbocycles. The van der Waals surface area contributed by atoms with Crippen LogP contribution in [-0.2, 0) is 13.2 Å². The van der Waals surface area contributed by atoms with Gasteiger partial charge in [0, 0.05) is 17.8 Å². The number of hydrogen-bond donors (Lipinski definition) is 1. The lowest BCUT2D eigenvalue weighted by molar-refractivity contribution is 0.300. The molecular weight excluding hydrogens is 301 g/mol. The minimum absolute atomic E-state index is 0.230. The fraction of sp³-hybridized carbons (Fsp3) is 0.143. The molecule has 0 fully saturated rings. The van der Waals surface area contributed by atoms with Gasteiger partial charge in [0.2, 0.25) is 0 Å². The highest BCUT2D eigenvalue weighted by Crippen LogP contribution is 2.18. The van der Waals surface area contributed by atoms with Gasteiger partial charge in [-0.15, -0.1) is 0 Å². The predicted octanol–water partition coefficient (Wildman–Crippen LogP) is 5.33. The molecule has 0 unspecified atom stereocenters. The summed E-state index contributed by atoms with van der Waals surface area (Å²) in [5.41, 5.74) is 4.08. The number of anilines is 1. The van der Waals surface area contributed by atoms with E-state index in [0.717, 1.165) is 23.5 Å². The summed E-state index contributed by atoms with van der Waals surface area (Å²) in [6, 6.07) is 22.7. The molecule has 3 aromatic rings. The fourth-order valence-corrected chi connectivity index (χ4v) is 2.45. The largest absolute Gasteiger partial charge is 0.489 e. The number of ether oxygens (including phenoxy) is 1. The maximum absolute atomic E-state index is 13.6. The molecule has 0 aliphatic carbocycles. The minimum atomic E-state index is -0.239. The molecule has 0 aliphatic heterocycles. The van der Waals surface area contributed by atoms with Gasteiger partial charge in [-0.25, -0.2) is 4.39 Å². The van der Waals surface area contributed by atoms with Gasteiger partial charge in [-0.2, -0.15) is 0 Å². The van der Waals surface area contributed by atoms with E-state index < -0.39 is 0 Å². The van der Waals surface area contributed by atoms with Crippen LogP contribution in [-0.4, -0.2) is 0 Å². The molecule has 24 heavy (non-hydrogen) atoms. The van der Waals surface area contributed by atoms with Gasteiger partial charge in [0.05, 0.1) is 0 Å². The van der Waals surface area contributed by atoms with E-state index in [1.54, 1.807) is 12.1 Å². The Bertz CT molecular complexity index is 730. The van der Waals surface area contributed by atoms with Gasteiger partial charge in [-0.1, -0.05) is 48.5 Å². The Morgan fingerprint density at radius 1 is 0.875 bits per heavy atom. The smallest absolute Gasteiger partial charge is 0.129 e. The molecule has 0 radical (unpaired) electrons. The standard InChI is InChI=1S/C21H20FNO/c1-16-6-2-5-9-21(16)23-14-17-10-12-19(13-11-17)24-15-18-7-3-4-8-20(18)22/h2-13,23H,14-15H2,1H3. The number of para-hydroxylation sites is 1. The molecule has 1 N–H and O–H groups in total. The van der Waals surface area contributed by atoms with Crippen molar-refractivity contribution in [3.05, 3.63) is 95.3 Å². The van der Waals surface area contributed by atoms with E-state index in [0.29, 0.717) is 5.56 Å². The second-order valence-electron chi connectivity index (χ2n) is 5.69. The molecule has 0 bridgehead atoms. The van der Waals surface area contributed by atoms with Gasteiger partial charge in [0.25, 0.3) is 0 Å². The number of halogens is 1. The van der Waals surface area contributed by atoms with E-state index in [9.17, 15) is 4.39 Å². The SMILES string of the molecule is Cc1ccccc1NCc1ccc(OCc2ccccc2F)cc1. The lowest BCUT2D eigenvalue weighted by Gasteiger charge is -2.11. The van der Waals surface area contributed by atoms with Crippen LogP contribution in [0.3, 0.4) is 0 Å². The number of benzene rings is 3. The van der Waals surface area contributed by atoms with Gasteiger partial charge < -0.3 is 10.1 Å². The topological polar surface area (TPSA) is 21.3 Å². The summed E-state index contributed by atoms with van der Waals surface area (Å²) in [5.74, 6) is 0.495. The molecular formula is C21H20FNO. The Balaban J connectivity index is 1.55. The summed E-state index contributed by atoms with van der Waals surface area (Å²) in [5, 5.41) is 3.42. The third-order valence-electron chi connectivity index (χ3n) is 3.90. The van der Waals surface area contributed by atoms with Crippen molar-refractivity contribution in [1.82, 2.24) is 0 Å². The summed E-state index contributed by atoms with van der Waals surface area (Å²) in [6.45, 7) is 3.06. The second-order valence-corrected chi connectivity index (χ2v) is 5.69. The Morgan fingerprint density at radius 2 is 1.58 bits per heavy atom. The van der Waals surface area contributed by atoms with E-state index in [-0.39, 0.29) is 12.4 Å². The number of nitrogens with one attached hydrogen (secondary N) is 1. The number of rotatable bonds is 6. The first-order valence-corrected chi connectivity index (χ1v) is 7.97. The van der Waals surface area contributed by atoms with Crippen molar-refractivity contribution in [2.45, 2.75) is 20.1 Å². The molecule has 0 aromatic heterocycles. The van der Waals surface area contributed by atoms with Crippen LogP contribution in [0.4, 0.5) is 10.1 Å². The molecule has 0 amide bonds. The molecule has 3 heteroatoms. The third-order valence-corrected chi connectivity index (χ3v) is 3.90. The Kier molecular flexibility index (Phi) is 5.12. The number of hydrogen-bond acceptors (Lipinski definition) is 2. The van der Waals surface area contributed by atoms with Crippen LogP contribution in [0.5, 0.6) is 5.75 Å². The molecule has 0 saturated carbocycles. The molecule has 0 spiro atoms. The first-order valence-electron chi connectivity index (χ1n) is 7.97. The highest BCUT2D eigenvalue weighted by molar-refractivity contribution is 5.50. The van der Waals surface area contributed by atoms with Crippen molar-refractivity contribution in [2.24, 2.45) is 0 Å². The van der Waals surface area contributed by atoms with Gasteiger partial charge in [0.15, 0.2) is 0 Å². The van der Waals surface area contributed by atoms with E-state index in [4.69, 9.17) is 4.74 Å². The highest BCUT2D eigenvalue weighted by Gasteiger charge is 2.02. The van der Waals surface area contributed by atoms with E-state index in [1.165, 1.54) is 11.6 Å². The van der Waals surface area contributed by atoms with Crippen LogP contribution in [0.25, 0.3) is 0 Å². The monoisotopic (exact) mass is 321 g/mol. The van der Waals surface area contributed by atoms with Crippen LogP contribution in [0.1, 0.15) is 16.7 Å². The molecule has 122 valence electrons. The zero-order chi connectivity index (χ0) is 16.8. The molecule has 0 aliphatic rings. The summed E-state index contributed by atoms with van der Waals surface area (Å²) in [7, 11) is 0. The van der Waals surface area contributed by atoms with Crippen molar-refractivity contribution >= 4 is 5.69 Å². The lowest BCUT2D eigenvalue weighted by atomic mass is 10.1. The van der Waals surface area contributed by atoms with Gasteiger partial charge in [0.1, 0.15) is 18.2 Å². The lowest BCUT2D eigenvalue weighted by Crippen LogP contribution is -2.01. The molecule has 0 saturated heterocycles. The van der Waals surface area contributed by atoms with E-state index >= 15 is 0 Å². The fourth-order valence-electron chi connectivity index (χ4n) is 2.45. The summed E-state index contributed by atoms with van der Waals surface area (Å²) in [6.07, 6.45) is 0. The quantitative estimate of drug-likeness (QED) is 0.663. The molecule has 0 heterocycles. The minimum Gasteiger partial charge on any atom is -0.489 e. The van der Waals surface area contributed by atoms with Crippen LogP contribution in [0.15, 0.2) is 72.8 Å². The first kappa shape index (κ1) is 16.1. The Morgan fingerprint density at radius 3 is 2.33 bits per heavy atom. The van der Waals surface area contributed by atoms with Crippen molar-refractivity contribution in [3.63, 3.8) is 0 Å². The van der Waals surface area contributed by atoms with Crippen molar-refractivity contribution < 1.29 is 9.13 Å². The van der Waals surface area contributed by atoms with E-state index in [1.807, 2.05) is 42.5 Å². The molecule has 0 atom stereocenters. The first-order chi connectivity index (χ1) is 11.7. The third kappa shape index (κ3) is 4.13. The van der Waals surface area contributed by atoms with Crippen LogP contribution < -0.4 is 10.1 Å². The predicted molar refractivity (Wildman–Crippen MR) is 95.7 cm³/mol. The highest BCUT2D eigenvalue weighted by atomic mass is 19.1. The van der Waals surface area contributed by atoms with Crippen molar-refractivity contribution in [1.29, 1.82) is 0 Å². The summed E-state index contributed by atoms with van der Waals surface area (Å²) in [4.78, 5) is 0. The maximum atomic E-state index is 13.6. The summed E-state index contributed by atoms with van der Waals surface area (Å²) < 4.78 is 19.2. The van der Waals surface area contributed by atoms with Gasteiger partial charge in [-0.05, 0) is 42.3 Å². The van der Waals surface area contributed by atoms with E-state index in [2.05, 4.69) is 24.4 Å². The summed E-state index contributed by atoms with van der Waals surface area (Å²) >= 11 is 0. The van der Waals surface area contributed by atoms with Crippen LogP contribution in [0, 0.1) is 12.7 Å². The van der Waals surface area contributed by atoms with Crippen LogP contribution in [0.2, 0.25) is 0 Å². The number of aryl methyl sites for hydroxylation is 1. The second kappa shape index (κ2) is 7.64. The molecule has 2 nitrogen and oxygen atoms in total.